The number of anilines is 1. The van der Waals surface area contributed by atoms with Crippen LogP contribution in [0.2, 0.25) is 0 Å². The summed E-state index contributed by atoms with van der Waals surface area (Å²) in [4.78, 5) is 50.3. The van der Waals surface area contributed by atoms with Crippen molar-refractivity contribution >= 4 is 23.5 Å². The predicted molar refractivity (Wildman–Crippen MR) is 133 cm³/mol. The van der Waals surface area contributed by atoms with Crippen LogP contribution in [0, 0.1) is 6.92 Å². The normalized spacial score (nSPS) is 16.5. The van der Waals surface area contributed by atoms with Crippen LogP contribution in [0.3, 0.4) is 0 Å². The van der Waals surface area contributed by atoms with E-state index in [9.17, 15) is 14.4 Å². The minimum Gasteiger partial charge on any atom is -0.463 e. The van der Waals surface area contributed by atoms with Gasteiger partial charge in [-0.25, -0.2) is 9.97 Å². The van der Waals surface area contributed by atoms with Gasteiger partial charge in [-0.3, -0.25) is 23.9 Å². The third-order valence-electron chi connectivity index (χ3n) is 6.37. The average Bonchev–Trinajstić information content (AvgIpc) is 3.59. The third-order valence-corrected chi connectivity index (χ3v) is 7.47. The average molecular weight is 506 g/mol. The van der Waals surface area contributed by atoms with Gasteiger partial charge in [0.05, 0.1) is 18.0 Å². The molecule has 0 aromatic carbocycles. The summed E-state index contributed by atoms with van der Waals surface area (Å²) < 4.78 is 8.48. The molecule has 1 atom stereocenters. The van der Waals surface area contributed by atoms with Gasteiger partial charge in [-0.05, 0) is 44.7 Å². The van der Waals surface area contributed by atoms with Crippen LogP contribution in [0.25, 0.3) is 17.4 Å². The number of aryl methyl sites for hydroxylation is 2. The van der Waals surface area contributed by atoms with Crippen LogP contribution in [0.5, 0.6) is 0 Å². The van der Waals surface area contributed by atoms with Crippen molar-refractivity contribution in [3.8, 4) is 17.4 Å². The number of hydrogen-bond donors (Lipinski definition) is 2. The summed E-state index contributed by atoms with van der Waals surface area (Å²) >= 11 is 1.46. The fraction of sp³-hybridized carbons (Fsp3) is 0.333. The monoisotopic (exact) mass is 505 g/mol. The van der Waals surface area contributed by atoms with Crippen molar-refractivity contribution in [1.82, 2.24) is 29.3 Å². The van der Waals surface area contributed by atoms with E-state index in [-0.39, 0.29) is 35.4 Å². The quantitative estimate of drug-likeness (QED) is 0.395. The van der Waals surface area contributed by atoms with E-state index < -0.39 is 0 Å². The Hall–Kier alpha value is -3.93. The first kappa shape index (κ1) is 22.5. The van der Waals surface area contributed by atoms with Gasteiger partial charge in [0, 0.05) is 35.6 Å². The number of nitrogens with zero attached hydrogens (tertiary/aromatic N) is 5. The van der Waals surface area contributed by atoms with Crippen LogP contribution in [0.1, 0.15) is 42.3 Å². The SMILES string of the molecule is Cc1cc(=O)n2c(n1)SCC2CC(=O)Nc1cc(-c2ccco2)nn1-c1nc2c(c(=O)[nH]1)CCCC2. The van der Waals surface area contributed by atoms with Crippen molar-refractivity contribution in [3.63, 3.8) is 0 Å². The molecular formula is C24H23N7O4S. The Morgan fingerprint density at radius 2 is 2.11 bits per heavy atom. The molecule has 1 amide bonds. The highest BCUT2D eigenvalue weighted by Crippen LogP contribution is 2.32. The first-order valence-corrected chi connectivity index (χ1v) is 12.7. The molecule has 1 unspecified atom stereocenters. The number of aromatic nitrogens is 6. The van der Waals surface area contributed by atoms with Crippen LogP contribution in [-0.2, 0) is 17.6 Å². The molecule has 5 heterocycles. The van der Waals surface area contributed by atoms with Crippen molar-refractivity contribution in [3.05, 3.63) is 68.2 Å². The summed E-state index contributed by atoms with van der Waals surface area (Å²) in [5, 5.41) is 8.08. The van der Waals surface area contributed by atoms with Gasteiger partial charge in [-0.1, -0.05) is 11.8 Å². The van der Waals surface area contributed by atoms with Crippen molar-refractivity contribution in [2.24, 2.45) is 0 Å². The largest absolute Gasteiger partial charge is 0.463 e. The second kappa shape index (κ2) is 8.94. The fourth-order valence-electron chi connectivity index (χ4n) is 4.69. The molecule has 0 spiro atoms. The third kappa shape index (κ3) is 4.06. The smallest absolute Gasteiger partial charge is 0.255 e. The number of H-pyrrole nitrogens is 1. The summed E-state index contributed by atoms with van der Waals surface area (Å²) in [5.74, 6) is 1.36. The van der Waals surface area contributed by atoms with E-state index in [0.717, 1.165) is 25.0 Å². The molecule has 184 valence electrons. The van der Waals surface area contributed by atoms with Crippen LogP contribution < -0.4 is 16.4 Å². The zero-order valence-electron chi connectivity index (χ0n) is 19.5. The number of nitrogens with one attached hydrogen (secondary N) is 2. The molecule has 4 aromatic heterocycles. The molecule has 4 aromatic rings. The predicted octanol–water partition coefficient (Wildman–Crippen LogP) is 2.64. The van der Waals surface area contributed by atoms with E-state index in [0.29, 0.717) is 45.9 Å². The van der Waals surface area contributed by atoms with E-state index in [2.05, 4.69) is 25.4 Å². The molecule has 0 bridgehead atoms. The Bertz CT molecular complexity index is 1580. The molecule has 0 fully saturated rings. The summed E-state index contributed by atoms with van der Waals surface area (Å²) in [5.41, 5.74) is 2.25. The molecule has 2 aliphatic rings. The number of amides is 1. The maximum absolute atomic E-state index is 13.1. The van der Waals surface area contributed by atoms with Crippen LogP contribution in [0.15, 0.2) is 49.7 Å². The van der Waals surface area contributed by atoms with Crippen molar-refractivity contribution in [1.29, 1.82) is 0 Å². The number of rotatable bonds is 5. The first-order chi connectivity index (χ1) is 17.5. The Kier molecular flexibility index (Phi) is 5.59. The highest BCUT2D eigenvalue weighted by atomic mass is 32.2. The number of hydrogen-bond acceptors (Lipinski definition) is 8. The molecule has 12 heteroatoms. The summed E-state index contributed by atoms with van der Waals surface area (Å²) in [7, 11) is 0. The lowest BCUT2D eigenvalue weighted by Gasteiger charge is -2.16. The van der Waals surface area contributed by atoms with Crippen LogP contribution in [-0.4, -0.2) is 41.0 Å². The van der Waals surface area contributed by atoms with E-state index in [1.54, 1.807) is 29.7 Å². The number of furan rings is 1. The lowest BCUT2D eigenvalue weighted by molar-refractivity contribution is -0.116. The van der Waals surface area contributed by atoms with Gasteiger partial charge in [0.15, 0.2) is 10.9 Å². The highest BCUT2D eigenvalue weighted by molar-refractivity contribution is 7.99. The molecular weight excluding hydrogens is 482 g/mol. The van der Waals surface area contributed by atoms with Gasteiger partial charge in [0.25, 0.3) is 11.1 Å². The number of carbonyl (C=O) groups is 1. The van der Waals surface area contributed by atoms with Gasteiger partial charge in [-0.15, -0.1) is 0 Å². The Balaban J connectivity index is 1.33. The molecule has 11 nitrogen and oxygen atoms in total. The second-order valence-electron chi connectivity index (χ2n) is 8.93. The van der Waals surface area contributed by atoms with Gasteiger partial charge >= 0.3 is 0 Å². The van der Waals surface area contributed by atoms with Gasteiger partial charge < -0.3 is 9.73 Å². The molecule has 2 N–H and O–H groups in total. The van der Waals surface area contributed by atoms with Crippen molar-refractivity contribution < 1.29 is 9.21 Å². The van der Waals surface area contributed by atoms with Crippen molar-refractivity contribution in [2.75, 3.05) is 11.1 Å². The lowest BCUT2D eigenvalue weighted by atomic mass is 9.97. The first-order valence-electron chi connectivity index (χ1n) is 11.8. The molecule has 0 saturated carbocycles. The second-order valence-corrected chi connectivity index (χ2v) is 9.92. The maximum Gasteiger partial charge on any atom is 0.255 e. The molecule has 36 heavy (non-hydrogen) atoms. The molecule has 0 radical (unpaired) electrons. The summed E-state index contributed by atoms with van der Waals surface area (Å²) in [6, 6.07) is 6.34. The zero-order valence-corrected chi connectivity index (χ0v) is 20.3. The minimum atomic E-state index is -0.312. The number of carbonyl (C=O) groups excluding carboxylic acids is 1. The van der Waals surface area contributed by atoms with E-state index in [1.165, 1.54) is 28.8 Å². The van der Waals surface area contributed by atoms with Gasteiger partial charge in [-0.2, -0.15) is 9.78 Å². The summed E-state index contributed by atoms with van der Waals surface area (Å²) in [6.45, 7) is 1.78. The summed E-state index contributed by atoms with van der Waals surface area (Å²) in [6.07, 6.45) is 4.98. The van der Waals surface area contributed by atoms with E-state index >= 15 is 0 Å². The van der Waals surface area contributed by atoms with Crippen LogP contribution in [0.4, 0.5) is 5.82 Å². The topological polar surface area (TPSA) is 141 Å². The molecule has 6 rings (SSSR count). The minimum absolute atomic E-state index is 0.0834. The highest BCUT2D eigenvalue weighted by Gasteiger charge is 2.28. The molecule has 1 aliphatic carbocycles. The number of fused-ring (bicyclic) bond motifs is 2. The molecule has 1 aliphatic heterocycles. The number of aromatic amines is 1. The molecule has 0 saturated heterocycles. The number of thioether (sulfide) groups is 1. The van der Waals surface area contributed by atoms with E-state index in [4.69, 9.17) is 4.42 Å². The lowest BCUT2D eigenvalue weighted by Crippen LogP contribution is -2.28. The van der Waals surface area contributed by atoms with Crippen molar-refractivity contribution in [2.45, 2.75) is 50.2 Å². The van der Waals surface area contributed by atoms with Crippen LogP contribution >= 0.6 is 11.8 Å². The standard InChI is InChI=1S/C24H23N7O4S/c1-13-9-21(33)30-14(12-36-24(30)25-13)10-20(32)27-19-11-17(18-7-4-8-35-18)29-31(19)23-26-16-6-3-2-5-15(16)22(34)28-23/h4,7-9,11,14H,2-3,5-6,10,12H2,1H3,(H,27,32)(H,26,28,34). The Labute approximate surface area is 209 Å². The van der Waals surface area contributed by atoms with Gasteiger partial charge in [0.2, 0.25) is 11.9 Å². The zero-order chi connectivity index (χ0) is 24.8. The fourth-order valence-corrected chi connectivity index (χ4v) is 5.88. The maximum atomic E-state index is 13.1. The van der Waals surface area contributed by atoms with Gasteiger partial charge in [0.1, 0.15) is 11.5 Å². The Morgan fingerprint density at radius 3 is 2.94 bits per heavy atom. The Morgan fingerprint density at radius 1 is 1.25 bits per heavy atom. The van der Waals surface area contributed by atoms with E-state index in [1.807, 2.05) is 0 Å².